The number of anilines is 1. The van der Waals surface area contributed by atoms with E-state index in [1.165, 1.54) is 11.1 Å². The second kappa shape index (κ2) is 5.69. The molecule has 0 spiro atoms. The first kappa shape index (κ1) is 13.3. The van der Waals surface area contributed by atoms with Crippen molar-refractivity contribution in [2.24, 2.45) is 0 Å². The first-order valence-electron chi connectivity index (χ1n) is 6.44. The van der Waals surface area contributed by atoms with Gasteiger partial charge in [-0.25, -0.2) is 0 Å². The Hall–Kier alpha value is -2.10. The highest BCUT2D eigenvalue weighted by Gasteiger charge is 2.09. The van der Waals surface area contributed by atoms with E-state index in [4.69, 9.17) is 0 Å². The van der Waals surface area contributed by atoms with E-state index in [0.29, 0.717) is 12.2 Å². The minimum atomic E-state index is -0.00199. The molecule has 2 aromatic rings. The number of benzene rings is 1. The monoisotopic (exact) mass is 257 g/mol. The van der Waals surface area contributed by atoms with Crippen LogP contribution in [0.2, 0.25) is 0 Å². The van der Waals surface area contributed by atoms with Gasteiger partial charge in [-0.1, -0.05) is 24.3 Å². The molecule has 1 amide bonds. The van der Waals surface area contributed by atoms with Gasteiger partial charge in [0.25, 0.3) is 0 Å². The van der Waals surface area contributed by atoms with Gasteiger partial charge in [0.05, 0.1) is 0 Å². The van der Waals surface area contributed by atoms with Crippen LogP contribution in [-0.4, -0.2) is 16.1 Å². The molecule has 0 saturated carbocycles. The maximum atomic E-state index is 11.9. The Morgan fingerprint density at radius 3 is 2.63 bits per heavy atom. The molecule has 0 saturated heterocycles. The van der Waals surface area contributed by atoms with Gasteiger partial charge in [-0.3, -0.25) is 9.89 Å². The Kier molecular flexibility index (Phi) is 4.00. The van der Waals surface area contributed by atoms with Gasteiger partial charge in [-0.05, 0) is 38.3 Å². The summed E-state index contributed by atoms with van der Waals surface area (Å²) in [5.74, 6) is 0.630. The number of rotatable bonds is 4. The van der Waals surface area contributed by atoms with E-state index in [9.17, 15) is 4.79 Å². The predicted molar refractivity (Wildman–Crippen MR) is 76.2 cm³/mol. The van der Waals surface area contributed by atoms with E-state index in [2.05, 4.69) is 34.6 Å². The number of amides is 1. The van der Waals surface area contributed by atoms with Crippen LogP contribution < -0.4 is 5.32 Å². The van der Waals surface area contributed by atoms with E-state index in [1.54, 1.807) is 0 Å². The van der Waals surface area contributed by atoms with Crippen molar-refractivity contribution in [3.8, 4) is 0 Å². The molecule has 100 valence electrons. The van der Waals surface area contributed by atoms with E-state index >= 15 is 0 Å². The summed E-state index contributed by atoms with van der Waals surface area (Å²) in [5.41, 5.74) is 4.41. The Morgan fingerprint density at radius 2 is 2.00 bits per heavy atom. The Bertz CT molecular complexity index is 587. The number of nitrogens with zero attached hydrogens (tertiary/aromatic N) is 1. The van der Waals surface area contributed by atoms with E-state index in [0.717, 1.165) is 17.7 Å². The summed E-state index contributed by atoms with van der Waals surface area (Å²) >= 11 is 0. The first-order chi connectivity index (χ1) is 9.08. The SMILES string of the molecule is Cc1ccccc1CCC(=O)Nc1n[nH]c(C)c1C. The van der Waals surface area contributed by atoms with Crippen molar-refractivity contribution in [2.75, 3.05) is 5.32 Å². The molecule has 0 bridgehead atoms. The molecule has 0 aliphatic heterocycles. The molecular formula is C15H19N3O. The van der Waals surface area contributed by atoms with Crippen LogP contribution in [0.25, 0.3) is 0 Å². The number of hydrogen-bond acceptors (Lipinski definition) is 2. The van der Waals surface area contributed by atoms with Gasteiger partial charge < -0.3 is 5.32 Å². The van der Waals surface area contributed by atoms with Gasteiger partial charge in [-0.2, -0.15) is 5.10 Å². The number of H-pyrrole nitrogens is 1. The molecule has 1 aromatic heterocycles. The Labute approximate surface area is 113 Å². The van der Waals surface area contributed by atoms with Crippen LogP contribution in [0, 0.1) is 20.8 Å². The zero-order valence-electron chi connectivity index (χ0n) is 11.6. The highest BCUT2D eigenvalue weighted by Crippen LogP contribution is 2.15. The summed E-state index contributed by atoms with van der Waals surface area (Å²) in [6.45, 7) is 5.94. The Morgan fingerprint density at radius 1 is 1.26 bits per heavy atom. The third-order valence-corrected chi connectivity index (χ3v) is 3.39. The van der Waals surface area contributed by atoms with Crippen LogP contribution in [0.4, 0.5) is 5.82 Å². The summed E-state index contributed by atoms with van der Waals surface area (Å²) in [7, 11) is 0. The van der Waals surface area contributed by atoms with Gasteiger partial charge in [0.2, 0.25) is 5.91 Å². The van der Waals surface area contributed by atoms with Crippen LogP contribution in [-0.2, 0) is 11.2 Å². The summed E-state index contributed by atoms with van der Waals surface area (Å²) in [6.07, 6.45) is 1.22. The zero-order chi connectivity index (χ0) is 13.8. The number of carbonyl (C=O) groups excluding carboxylic acids is 1. The van der Waals surface area contributed by atoms with E-state index in [1.807, 2.05) is 26.0 Å². The lowest BCUT2D eigenvalue weighted by atomic mass is 10.0. The number of carbonyl (C=O) groups is 1. The van der Waals surface area contributed by atoms with Crippen molar-refractivity contribution >= 4 is 11.7 Å². The second-order valence-corrected chi connectivity index (χ2v) is 4.80. The van der Waals surface area contributed by atoms with Crippen LogP contribution in [0.1, 0.15) is 28.8 Å². The number of aryl methyl sites for hydroxylation is 3. The molecule has 1 aromatic carbocycles. The predicted octanol–water partition coefficient (Wildman–Crippen LogP) is 2.91. The van der Waals surface area contributed by atoms with E-state index in [-0.39, 0.29) is 5.91 Å². The molecular weight excluding hydrogens is 238 g/mol. The van der Waals surface area contributed by atoms with Gasteiger partial charge in [0.1, 0.15) is 0 Å². The fourth-order valence-electron chi connectivity index (χ4n) is 1.94. The van der Waals surface area contributed by atoms with Crippen molar-refractivity contribution in [1.29, 1.82) is 0 Å². The van der Waals surface area contributed by atoms with Crippen LogP contribution in [0.3, 0.4) is 0 Å². The minimum Gasteiger partial charge on any atom is -0.309 e. The summed E-state index contributed by atoms with van der Waals surface area (Å²) in [6, 6.07) is 8.14. The summed E-state index contributed by atoms with van der Waals surface area (Å²) in [4.78, 5) is 11.9. The molecule has 0 radical (unpaired) electrons. The van der Waals surface area contributed by atoms with Crippen molar-refractivity contribution in [2.45, 2.75) is 33.6 Å². The second-order valence-electron chi connectivity index (χ2n) is 4.80. The fraction of sp³-hybridized carbons (Fsp3) is 0.333. The third-order valence-electron chi connectivity index (χ3n) is 3.39. The number of aromatic nitrogens is 2. The van der Waals surface area contributed by atoms with Gasteiger partial charge in [0.15, 0.2) is 5.82 Å². The lowest BCUT2D eigenvalue weighted by Crippen LogP contribution is -2.13. The molecule has 0 aliphatic rings. The van der Waals surface area contributed by atoms with Crippen LogP contribution in [0.5, 0.6) is 0 Å². The smallest absolute Gasteiger partial charge is 0.225 e. The molecule has 2 N–H and O–H groups in total. The standard InChI is InChI=1S/C15H19N3O/c1-10-6-4-5-7-13(10)8-9-14(19)16-15-11(2)12(3)17-18-15/h4-7H,8-9H2,1-3H3,(H2,16,17,18,19). The molecule has 0 aliphatic carbocycles. The van der Waals surface area contributed by atoms with E-state index < -0.39 is 0 Å². The van der Waals surface area contributed by atoms with Gasteiger partial charge in [0, 0.05) is 17.7 Å². The normalized spacial score (nSPS) is 10.5. The maximum Gasteiger partial charge on any atom is 0.225 e. The van der Waals surface area contributed by atoms with Crippen molar-refractivity contribution < 1.29 is 4.79 Å². The molecule has 0 fully saturated rings. The largest absolute Gasteiger partial charge is 0.309 e. The fourth-order valence-corrected chi connectivity index (χ4v) is 1.94. The lowest BCUT2D eigenvalue weighted by molar-refractivity contribution is -0.116. The summed E-state index contributed by atoms with van der Waals surface area (Å²) < 4.78 is 0. The molecule has 1 heterocycles. The van der Waals surface area contributed by atoms with Crippen molar-refractivity contribution in [3.63, 3.8) is 0 Å². The molecule has 0 atom stereocenters. The van der Waals surface area contributed by atoms with Gasteiger partial charge >= 0.3 is 0 Å². The van der Waals surface area contributed by atoms with Crippen molar-refractivity contribution in [3.05, 3.63) is 46.6 Å². The number of aromatic amines is 1. The van der Waals surface area contributed by atoms with Crippen LogP contribution >= 0.6 is 0 Å². The topological polar surface area (TPSA) is 57.8 Å². The molecule has 19 heavy (non-hydrogen) atoms. The molecule has 4 nitrogen and oxygen atoms in total. The number of hydrogen-bond donors (Lipinski definition) is 2. The average molecular weight is 257 g/mol. The zero-order valence-corrected chi connectivity index (χ0v) is 11.6. The maximum absolute atomic E-state index is 11.9. The van der Waals surface area contributed by atoms with Gasteiger partial charge in [-0.15, -0.1) is 0 Å². The van der Waals surface area contributed by atoms with Crippen LogP contribution in [0.15, 0.2) is 24.3 Å². The summed E-state index contributed by atoms with van der Waals surface area (Å²) in [5, 5.41) is 9.77. The lowest BCUT2D eigenvalue weighted by Gasteiger charge is -2.06. The quantitative estimate of drug-likeness (QED) is 0.884. The molecule has 0 unspecified atom stereocenters. The highest BCUT2D eigenvalue weighted by atomic mass is 16.1. The first-order valence-corrected chi connectivity index (χ1v) is 6.44. The minimum absolute atomic E-state index is 0.00199. The molecule has 4 heteroatoms. The average Bonchev–Trinajstić information content (AvgIpc) is 2.70. The molecule has 2 rings (SSSR count). The van der Waals surface area contributed by atoms with Crippen molar-refractivity contribution in [1.82, 2.24) is 10.2 Å². The highest BCUT2D eigenvalue weighted by molar-refractivity contribution is 5.90. The third kappa shape index (κ3) is 3.22. The number of nitrogens with one attached hydrogen (secondary N) is 2. The Balaban J connectivity index is 1.92.